The van der Waals surface area contributed by atoms with Crippen LogP contribution in [0.2, 0.25) is 0 Å². The minimum Gasteiger partial charge on any atom is -0.483 e. The summed E-state index contributed by atoms with van der Waals surface area (Å²) in [6.07, 6.45) is 9.12. The largest absolute Gasteiger partial charge is 0.483 e. The van der Waals surface area contributed by atoms with Gasteiger partial charge in [0.1, 0.15) is 0 Å². The van der Waals surface area contributed by atoms with E-state index in [-0.39, 0.29) is 18.3 Å². The molecule has 1 aliphatic rings. The van der Waals surface area contributed by atoms with Gasteiger partial charge in [0.15, 0.2) is 5.82 Å². The third-order valence-electron chi connectivity index (χ3n) is 4.65. The predicted molar refractivity (Wildman–Crippen MR) is 107 cm³/mol. The van der Waals surface area contributed by atoms with Gasteiger partial charge in [-0.1, -0.05) is 0 Å². The van der Waals surface area contributed by atoms with Crippen LogP contribution in [-0.2, 0) is 9.59 Å². The fourth-order valence-electron chi connectivity index (χ4n) is 3.51. The number of rotatable bonds is 3. The number of nitrogens with one attached hydrogen (secondary N) is 2. The van der Waals surface area contributed by atoms with Gasteiger partial charge in [0.2, 0.25) is 11.9 Å². The number of amides is 1. The molecule has 0 aliphatic carbocycles. The lowest BCUT2D eigenvalue weighted by Crippen LogP contribution is -2.24. The molecule has 0 saturated carbocycles. The van der Waals surface area contributed by atoms with Crippen LogP contribution in [0.4, 0.5) is 5.82 Å². The van der Waals surface area contributed by atoms with Crippen LogP contribution >= 0.6 is 0 Å². The van der Waals surface area contributed by atoms with Gasteiger partial charge in [-0.05, 0) is 30.3 Å². The van der Waals surface area contributed by atoms with E-state index in [4.69, 9.17) is 9.90 Å². The standard InChI is InChI=1S/C19H15N7O.CH2O2/c27-15-10-13(14-5-2-9-26(14)19-21-7-3-8-22-19)16-17(24-25-18(16)23-15)12-4-1-6-20-11-12;2-1-3/h1-9,11,13H,10H2,(H2,23,24,25,27);1H,(H,2,3). The highest BCUT2D eigenvalue weighted by molar-refractivity contribution is 5.96. The summed E-state index contributed by atoms with van der Waals surface area (Å²) >= 11 is 0. The van der Waals surface area contributed by atoms with Gasteiger partial charge < -0.3 is 10.4 Å². The number of aromatic amines is 1. The molecular weight excluding hydrogens is 386 g/mol. The molecule has 30 heavy (non-hydrogen) atoms. The second-order valence-corrected chi connectivity index (χ2v) is 6.36. The molecule has 3 N–H and O–H groups in total. The number of anilines is 1. The maximum atomic E-state index is 12.3. The van der Waals surface area contributed by atoms with Crippen molar-refractivity contribution in [3.05, 3.63) is 72.6 Å². The average molecular weight is 403 g/mol. The van der Waals surface area contributed by atoms with Gasteiger partial charge in [-0.25, -0.2) is 9.97 Å². The zero-order chi connectivity index (χ0) is 20.9. The molecule has 150 valence electrons. The number of nitrogens with zero attached hydrogens (tertiary/aromatic N) is 5. The fraction of sp³-hybridized carbons (Fsp3) is 0.100. The van der Waals surface area contributed by atoms with E-state index in [1.165, 1.54) is 0 Å². The molecule has 5 rings (SSSR count). The lowest BCUT2D eigenvalue weighted by molar-refractivity contribution is -0.123. The van der Waals surface area contributed by atoms with E-state index in [0.29, 0.717) is 18.2 Å². The van der Waals surface area contributed by atoms with Gasteiger partial charge in [0, 0.05) is 60.1 Å². The molecule has 0 aromatic carbocycles. The summed E-state index contributed by atoms with van der Waals surface area (Å²) in [5, 5.41) is 17.1. The van der Waals surface area contributed by atoms with E-state index in [1.807, 2.05) is 35.0 Å². The van der Waals surface area contributed by atoms with Crippen LogP contribution in [0, 0.1) is 0 Å². The highest BCUT2D eigenvalue weighted by Gasteiger charge is 2.34. The Morgan fingerprint density at radius 1 is 1.13 bits per heavy atom. The van der Waals surface area contributed by atoms with Gasteiger partial charge in [-0.3, -0.25) is 24.2 Å². The van der Waals surface area contributed by atoms with Crippen molar-refractivity contribution in [2.45, 2.75) is 12.3 Å². The Hall–Kier alpha value is -4.34. The second-order valence-electron chi connectivity index (χ2n) is 6.36. The zero-order valence-corrected chi connectivity index (χ0v) is 15.6. The summed E-state index contributed by atoms with van der Waals surface area (Å²) in [4.78, 5) is 33.5. The van der Waals surface area contributed by atoms with Gasteiger partial charge >= 0.3 is 0 Å². The monoisotopic (exact) mass is 403 g/mol. The molecule has 0 fully saturated rings. The predicted octanol–water partition coefficient (Wildman–Crippen LogP) is 2.23. The summed E-state index contributed by atoms with van der Waals surface area (Å²) in [7, 11) is 0. The van der Waals surface area contributed by atoms with Gasteiger partial charge in [-0.15, -0.1) is 0 Å². The Morgan fingerprint density at radius 2 is 1.93 bits per heavy atom. The molecule has 4 aromatic heterocycles. The van der Waals surface area contributed by atoms with Crippen molar-refractivity contribution >= 4 is 18.2 Å². The van der Waals surface area contributed by atoms with Crippen molar-refractivity contribution in [3.8, 4) is 17.2 Å². The maximum absolute atomic E-state index is 12.3. The fourth-order valence-corrected chi connectivity index (χ4v) is 3.51. The number of hydrogen-bond donors (Lipinski definition) is 3. The van der Waals surface area contributed by atoms with Crippen LogP contribution in [0.1, 0.15) is 23.6 Å². The lowest BCUT2D eigenvalue weighted by atomic mass is 9.87. The molecule has 1 unspecified atom stereocenters. The number of carbonyl (C=O) groups is 2. The Bertz CT molecular complexity index is 1160. The average Bonchev–Trinajstić information content (AvgIpc) is 3.42. The van der Waals surface area contributed by atoms with E-state index in [1.54, 1.807) is 30.9 Å². The molecule has 0 saturated heterocycles. The summed E-state index contributed by atoms with van der Waals surface area (Å²) in [5.41, 5.74) is 3.65. The van der Waals surface area contributed by atoms with Crippen molar-refractivity contribution in [1.82, 2.24) is 29.7 Å². The summed E-state index contributed by atoms with van der Waals surface area (Å²) in [5.74, 6) is 0.869. The lowest BCUT2D eigenvalue weighted by Gasteiger charge is -2.24. The highest BCUT2D eigenvalue weighted by Crippen LogP contribution is 2.41. The smallest absolute Gasteiger partial charge is 0.290 e. The minimum atomic E-state index is -0.250. The third kappa shape index (κ3) is 3.53. The van der Waals surface area contributed by atoms with Crippen LogP contribution < -0.4 is 5.32 Å². The first kappa shape index (κ1) is 19.0. The molecule has 5 heterocycles. The number of fused-ring (bicyclic) bond motifs is 1. The maximum Gasteiger partial charge on any atom is 0.290 e. The molecule has 0 radical (unpaired) electrons. The van der Waals surface area contributed by atoms with E-state index in [0.717, 1.165) is 22.5 Å². The highest BCUT2D eigenvalue weighted by atomic mass is 16.3. The number of aromatic nitrogens is 6. The molecule has 1 amide bonds. The van der Waals surface area contributed by atoms with Crippen molar-refractivity contribution in [2.75, 3.05) is 5.32 Å². The zero-order valence-electron chi connectivity index (χ0n) is 15.6. The van der Waals surface area contributed by atoms with Gasteiger partial charge in [-0.2, -0.15) is 5.10 Å². The van der Waals surface area contributed by atoms with Crippen molar-refractivity contribution < 1.29 is 14.7 Å². The molecule has 10 nitrogen and oxygen atoms in total. The quantitative estimate of drug-likeness (QED) is 0.446. The molecule has 4 aromatic rings. The SMILES string of the molecule is O=C1CC(c2cccn2-c2ncccn2)c2c(n[nH]c2-c2cccnc2)N1.O=CO. The summed E-state index contributed by atoms with van der Waals surface area (Å²) < 4.78 is 1.91. The number of carbonyl (C=O) groups excluding carboxylic acids is 1. The Kier molecular flexibility index (Phi) is 5.29. The van der Waals surface area contributed by atoms with Crippen molar-refractivity contribution in [2.24, 2.45) is 0 Å². The summed E-state index contributed by atoms with van der Waals surface area (Å²) in [6.45, 7) is -0.250. The van der Waals surface area contributed by atoms with E-state index >= 15 is 0 Å². The molecular formula is C20H17N7O3. The summed E-state index contributed by atoms with van der Waals surface area (Å²) in [6, 6.07) is 9.54. The molecule has 10 heteroatoms. The van der Waals surface area contributed by atoms with E-state index < -0.39 is 0 Å². The second kappa shape index (κ2) is 8.35. The molecule has 1 atom stereocenters. The molecule has 0 spiro atoms. The van der Waals surface area contributed by atoms with Crippen molar-refractivity contribution in [1.29, 1.82) is 0 Å². The van der Waals surface area contributed by atoms with Crippen LogP contribution in [0.5, 0.6) is 0 Å². The first-order chi connectivity index (χ1) is 14.7. The first-order valence-electron chi connectivity index (χ1n) is 9.04. The first-order valence-corrected chi connectivity index (χ1v) is 9.04. The Labute approximate surface area is 170 Å². The molecule has 0 bridgehead atoms. The molecule has 1 aliphatic heterocycles. The van der Waals surface area contributed by atoms with Crippen LogP contribution in [-0.4, -0.2) is 47.2 Å². The number of H-pyrrole nitrogens is 1. The topological polar surface area (TPSA) is 139 Å². The minimum absolute atomic E-state index is 0.0709. The van der Waals surface area contributed by atoms with Crippen LogP contribution in [0.25, 0.3) is 17.2 Å². The van der Waals surface area contributed by atoms with Gasteiger partial charge in [0.25, 0.3) is 6.47 Å². The number of carboxylic acid groups (broad SMARTS) is 1. The van der Waals surface area contributed by atoms with E-state index in [2.05, 4.69) is 30.5 Å². The Balaban J connectivity index is 0.000000687. The van der Waals surface area contributed by atoms with E-state index in [9.17, 15) is 4.79 Å². The number of pyridine rings is 1. The van der Waals surface area contributed by atoms with Crippen LogP contribution in [0.15, 0.2) is 61.3 Å². The third-order valence-corrected chi connectivity index (χ3v) is 4.65. The Morgan fingerprint density at radius 3 is 2.67 bits per heavy atom. The van der Waals surface area contributed by atoms with Gasteiger partial charge in [0.05, 0.1) is 5.69 Å². The van der Waals surface area contributed by atoms with Crippen LogP contribution in [0.3, 0.4) is 0 Å². The number of hydrogen-bond acceptors (Lipinski definition) is 6. The van der Waals surface area contributed by atoms with Crippen molar-refractivity contribution in [3.63, 3.8) is 0 Å². The normalized spacial score (nSPS) is 14.8.